The summed E-state index contributed by atoms with van der Waals surface area (Å²) in [6, 6.07) is 0.742. The lowest BCUT2D eigenvalue weighted by molar-refractivity contribution is -0.175. The molecule has 3 unspecified atom stereocenters. The summed E-state index contributed by atoms with van der Waals surface area (Å²) in [5.74, 6) is 0.185. The van der Waals surface area contributed by atoms with Gasteiger partial charge in [-0.25, -0.2) is 0 Å². The third kappa shape index (κ3) is 2.21. The molecule has 3 N–H and O–H groups in total. The molecule has 0 aromatic heterocycles. The predicted molar refractivity (Wildman–Crippen MR) is 81.8 cm³/mol. The predicted octanol–water partition coefficient (Wildman–Crippen LogP) is 0.729. The van der Waals surface area contributed by atoms with Gasteiger partial charge in [0, 0.05) is 37.1 Å². The van der Waals surface area contributed by atoms with Crippen molar-refractivity contribution in [3.63, 3.8) is 0 Å². The van der Waals surface area contributed by atoms with Gasteiger partial charge in [-0.3, -0.25) is 9.69 Å². The smallest absolute Gasteiger partial charge is 0.241 e. The second-order valence-corrected chi connectivity index (χ2v) is 7.39. The number of rotatable bonds is 6. The number of hydrogen-bond acceptors (Lipinski definition) is 4. The van der Waals surface area contributed by atoms with Gasteiger partial charge in [0.2, 0.25) is 5.91 Å². The summed E-state index contributed by atoms with van der Waals surface area (Å²) < 4.78 is 5.74. The van der Waals surface area contributed by atoms with Crippen LogP contribution in [0, 0.1) is 11.3 Å². The molecule has 1 amide bonds. The molecule has 120 valence electrons. The Hall–Kier alpha value is -0.650. The van der Waals surface area contributed by atoms with E-state index in [9.17, 15) is 4.79 Å². The molecule has 5 heteroatoms. The Morgan fingerprint density at radius 2 is 2.10 bits per heavy atom. The summed E-state index contributed by atoms with van der Waals surface area (Å²) in [5, 5.41) is 3.08. The van der Waals surface area contributed by atoms with Crippen LogP contribution >= 0.6 is 0 Å². The third-order valence-electron chi connectivity index (χ3n) is 5.98. The minimum atomic E-state index is -0.773. The van der Waals surface area contributed by atoms with Crippen LogP contribution in [0.4, 0.5) is 0 Å². The summed E-state index contributed by atoms with van der Waals surface area (Å²) in [4.78, 5) is 15.1. The fourth-order valence-electron chi connectivity index (χ4n) is 4.34. The first-order valence-electron chi connectivity index (χ1n) is 8.35. The lowest BCUT2D eigenvalue weighted by Gasteiger charge is -2.60. The molecule has 1 aliphatic heterocycles. The third-order valence-corrected chi connectivity index (χ3v) is 5.98. The molecule has 5 nitrogen and oxygen atoms in total. The molecule has 0 bridgehead atoms. The Kier molecular flexibility index (Phi) is 3.79. The van der Waals surface area contributed by atoms with Crippen LogP contribution in [0.1, 0.15) is 40.0 Å². The SMILES string of the molecule is CCN(CCNC(=O)C1(N)C2CCOC2C1(C)C)C1CC1. The molecule has 3 aliphatic rings. The van der Waals surface area contributed by atoms with Gasteiger partial charge in [0.15, 0.2) is 0 Å². The summed E-state index contributed by atoms with van der Waals surface area (Å²) in [6.45, 7) is 9.70. The van der Waals surface area contributed by atoms with Crippen LogP contribution in [0.3, 0.4) is 0 Å². The van der Waals surface area contributed by atoms with E-state index in [0.29, 0.717) is 6.54 Å². The number of carbonyl (C=O) groups excluding carboxylic acids is 1. The van der Waals surface area contributed by atoms with Gasteiger partial charge in [0.1, 0.15) is 5.54 Å². The van der Waals surface area contributed by atoms with Crippen LogP contribution in [0.2, 0.25) is 0 Å². The van der Waals surface area contributed by atoms with E-state index in [1.54, 1.807) is 0 Å². The first-order chi connectivity index (χ1) is 9.92. The molecule has 2 aliphatic carbocycles. The number of fused-ring (bicyclic) bond motifs is 1. The molecule has 0 aromatic carbocycles. The molecule has 3 atom stereocenters. The Balaban J connectivity index is 1.55. The van der Waals surface area contributed by atoms with Crippen molar-refractivity contribution in [2.45, 2.75) is 57.7 Å². The highest BCUT2D eigenvalue weighted by Crippen LogP contribution is 2.58. The van der Waals surface area contributed by atoms with Gasteiger partial charge in [0.25, 0.3) is 0 Å². The van der Waals surface area contributed by atoms with E-state index in [-0.39, 0.29) is 23.3 Å². The van der Waals surface area contributed by atoms with E-state index in [2.05, 4.69) is 31.0 Å². The van der Waals surface area contributed by atoms with Crippen molar-refractivity contribution in [3.05, 3.63) is 0 Å². The van der Waals surface area contributed by atoms with Crippen LogP contribution in [0.5, 0.6) is 0 Å². The number of amides is 1. The highest BCUT2D eigenvalue weighted by atomic mass is 16.5. The minimum Gasteiger partial charge on any atom is -0.377 e. The quantitative estimate of drug-likeness (QED) is 0.758. The maximum absolute atomic E-state index is 12.7. The largest absolute Gasteiger partial charge is 0.377 e. The number of carbonyl (C=O) groups is 1. The number of hydrogen-bond donors (Lipinski definition) is 2. The summed E-state index contributed by atoms with van der Waals surface area (Å²) in [5.41, 5.74) is 5.47. The first-order valence-corrected chi connectivity index (χ1v) is 8.35. The average Bonchev–Trinajstić information content (AvgIpc) is 3.18. The monoisotopic (exact) mass is 295 g/mol. The van der Waals surface area contributed by atoms with E-state index < -0.39 is 5.54 Å². The molecule has 1 heterocycles. The van der Waals surface area contributed by atoms with E-state index >= 15 is 0 Å². The number of nitrogens with two attached hydrogens (primary N) is 1. The molecular weight excluding hydrogens is 266 g/mol. The summed E-state index contributed by atoms with van der Waals surface area (Å²) >= 11 is 0. The second kappa shape index (κ2) is 5.21. The maximum Gasteiger partial charge on any atom is 0.241 e. The highest BCUT2D eigenvalue weighted by molar-refractivity contribution is 5.89. The molecule has 3 fully saturated rings. The van der Waals surface area contributed by atoms with Crippen molar-refractivity contribution in [2.24, 2.45) is 17.1 Å². The summed E-state index contributed by atoms with van der Waals surface area (Å²) in [6.07, 6.45) is 3.65. The van der Waals surface area contributed by atoms with Gasteiger partial charge < -0.3 is 15.8 Å². The van der Waals surface area contributed by atoms with Gasteiger partial charge in [-0.15, -0.1) is 0 Å². The highest BCUT2D eigenvalue weighted by Gasteiger charge is 2.71. The van der Waals surface area contributed by atoms with Gasteiger partial charge in [-0.1, -0.05) is 20.8 Å². The van der Waals surface area contributed by atoms with Gasteiger partial charge in [-0.2, -0.15) is 0 Å². The molecule has 0 aromatic rings. The normalized spacial score (nSPS) is 37.2. The zero-order valence-electron chi connectivity index (χ0n) is 13.5. The number of nitrogens with zero attached hydrogens (tertiary/aromatic N) is 1. The number of nitrogens with one attached hydrogen (secondary N) is 1. The lowest BCUT2D eigenvalue weighted by Crippen LogP contribution is -2.80. The molecule has 2 saturated carbocycles. The summed E-state index contributed by atoms with van der Waals surface area (Å²) in [7, 11) is 0. The zero-order chi connectivity index (χ0) is 15.3. The molecular formula is C16H29N3O2. The van der Waals surface area contributed by atoms with Crippen LogP contribution in [0.25, 0.3) is 0 Å². The van der Waals surface area contributed by atoms with E-state index in [4.69, 9.17) is 10.5 Å². The average molecular weight is 295 g/mol. The molecule has 0 spiro atoms. The minimum absolute atomic E-state index is 0.00565. The second-order valence-electron chi connectivity index (χ2n) is 7.39. The molecule has 1 saturated heterocycles. The van der Waals surface area contributed by atoms with Crippen molar-refractivity contribution in [3.8, 4) is 0 Å². The number of likely N-dealkylation sites (N-methyl/N-ethyl adjacent to an activating group) is 1. The van der Waals surface area contributed by atoms with E-state index in [1.807, 2.05) is 0 Å². The first kappa shape index (κ1) is 15.3. The Labute approximate surface area is 127 Å². The molecule has 0 radical (unpaired) electrons. The van der Waals surface area contributed by atoms with E-state index in [0.717, 1.165) is 32.2 Å². The van der Waals surface area contributed by atoms with Gasteiger partial charge >= 0.3 is 0 Å². The van der Waals surface area contributed by atoms with Crippen LogP contribution in [0.15, 0.2) is 0 Å². The lowest BCUT2D eigenvalue weighted by atomic mass is 9.48. The number of ether oxygens (including phenoxy) is 1. The van der Waals surface area contributed by atoms with Crippen LogP contribution in [-0.2, 0) is 9.53 Å². The Morgan fingerprint density at radius 3 is 2.71 bits per heavy atom. The molecule has 3 rings (SSSR count). The van der Waals surface area contributed by atoms with Crippen LogP contribution in [-0.4, -0.2) is 54.7 Å². The van der Waals surface area contributed by atoms with Gasteiger partial charge in [0.05, 0.1) is 6.10 Å². The maximum atomic E-state index is 12.7. The fraction of sp³-hybridized carbons (Fsp3) is 0.938. The Morgan fingerprint density at radius 1 is 1.38 bits per heavy atom. The zero-order valence-corrected chi connectivity index (χ0v) is 13.5. The van der Waals surface area contributed by atoms with E-state index in [1.165, 1.54) is 12.8 Å². The van der Waals surface area contributed by atoms with Crippen LogP contribution < -0.4 is 11.1 Å². The van der Waals surface area contributed by atoms with Crippen molar-refractivity contribution >= 4 is 5.91 Å². The standard InChI is InChI=1S/C16H29N3O2/c1-4-19(11-5-6-11)9-8-18-14(20)16(17)12-7-10-21-13(12)15(16,2)3/h11-13H,4-10,17H2,1-3H3,(H,18,20). The fourth-order valence-corrected chi connectivity index (χ4v) is 4.34. The van der Waals surface area contributed by atoms with Crippen molar-refractivity contribution in [1.82, 2.24) is 10.2 Å². The topological polar surface area (TPSA) is 67.6 Å². The van der Waals surface area contributed by atoms with Crippen molar-refractivity contribution in [2.75, 3.05) is 26.2 Å². The Bertz CT molecular complexity index is 422. The van der Waals surface area contributed by atoms with Gasteiger partial charge in [-0.05, 0) is 25.8 Å². The molecule has 21 heavy (non-hydrogen) atoms. The van der Waals surface area contributed by atoms with Crippen molar-refractivity contribution < 1.29 is 9.53 Å². The van der Waals surface area contributed by atoms with Crippen molar-refractivity contribution in [1.29, 1.82) is 0 Å².